The molecule has 0 amide bonds. The zero-order valence-electron chi connectivity index (χ0n) is 15.1. The molecular formula is C20H32Si. The van der Waals surface area contributed by atoms with Crippen LogP contribution in [0.15, 0.2) is 46.6 Å². The highest BCUT2D eigenvalue weighted by atomic mass is 28.3. The van der Waals surface area contributed by atoms with Gasteiger partial charge in [-0.2, -0.15) is 0 Å². The van der Waals surface area contributed by atoms with Crippen LogP contribution in [0.4, 0.5) is 0 Å². The van der Waals surface area contributed by atoms with Crippen LogP contribution in [0.5, 0.6) is 0 Å². The molecule has 2 unspecified atom stereocenters. The Bertz CT molecular complexity index is 490. The van der Waals surface area contributed by atoms with Crippen molar-refractivity contribution in [3.8, 4) is 0 Å². The van der Waals surface area contributed by atoms with Crippen molar-refractivity contribution in [1.82, 2.24) is 0 Å². The molecule has 0 aromatic heterocycles. The van der Waals surface area contributed by atoms with Gasteiger partial charge >= 0.3 is 0 Å². The van der Waals surface area contributed by atoms with Crippen molar-refractivity contribution in [3.05, 3.63) is 46.6 Å². The maximum Gasteiger partial charge on any atom is 0.0706 e. The second-order valence-corrected chi connectivity index (χ2v) is 13.1. The third kappa shape index (κ3) is 3.04. The normalized spacial score (nSPS) is 26.2. The van der Waals surface area contributed by atoms with Crippen molar-refractivity contribution >= 4 is 8.07 Å². The SMILES string of the molecule is CC1=CC([Si](C)(C)C2C=C(C)C=C2C(C)C)C(C(C)C)=C1. The molecule has 0 bridgehead atoms. The molecule has 0 saturated heterocycles. The molecular weight excluding hydrogens is 268 g/mol. The average molecular weight is 301 g/mol. The van der Waals surface area contributed by atoms with Gasteiger partial charge in [-0.3, -0.25) is 0 Å². The van der Waals surface area contributed by atoms with Crippen molar-refractivity contribution in [2.75, 3.05) is 0 Å². The molecule has 0 saturated carbocycles. The highest BCUT2D eigenvalue weighted by molar-refractivity contribution is 6.82. The second kappa shape index (κ2) is 5.76. The van der Waals surface area contributed by atoms with Crippen LogP contribution in [0.2, 0.25) is 24.2 Å². The number of allylic oxidation sites excluding steroid dienone is 8. The van der Waals surface area contributed by atoms with Gasteiger partial charge in [0, 0.05) is 0 Å². The number of hydrogen-bond acceptors (Lipinski definition) is 0. The molecule has 0 aromatic carbocycles. The van der Waals surface area contributed by atoms with Gasteiger partial charge in [0.2, 0.25) is 0 Å². The fraction of sp³-hybridized carbons (Fsp3) is 0.600. The largest absolute Gasteiger partial charge is 0.0771 e. The molecule has 1 heteroatoms. The minimum atomic E-state index is -1.46. The molecule has 0 aromatic rings. The number of hydrogen-bond donors (Lipinski definition) is 0. The van der Waals surface area contributed by atoms with Gasteiger partial charge in [-0.05, 0) is 36.8 Å². The van der Waals surface area contributed by atoms with Crippen molar-refractivity contribution in [2.45, 2.75) is 65.7 Å². The van der Waals surface area contributed by atoms with Gasteiger partial charge in [0.05, 0.1) is 8.07 Å². The Balaban J connectivity index is 2.39. The fourth-order valence-electron chi connectivity index (χ4n) is 4.05. The lowest BCUT2D eigenvalue weighted by Gasteiger charge is -2.39. The lowest BCUT2D eigenvalue weighted by atomic mass is 10.0. The lowest BCUT2D eigenvalue weighted by Crippen LogP contribution is -2.39. The van der Waals surface area contributed by atoms with Crippen LogP contribution in [0, 0.1) is 11.8 Å². The van der Waals surface area contributed by atoms with E-state index in [1.807, 2.05) is 0 Å². The summed E-state index contributed by atoms with van der Waals surface area (Å²) in [6.07, 6.45) is 10.0. The maximum atomic E-state index is 2.60. The van der Waals surface area contributed by atoms with E-state index in [2.05, 4.69) is 78.9 Å². The smallest absolute Gasteiger partial charge is 0.0706 e. The molecule has 0 spiro atoms. The van der Waals surface area contributed by atoms with Crippen LogP contribution >= 0.6 is 0 Å². The van der Waals surface area contributed by atoms with E-state index < -0.39 is 8.07 Å². The Morgan fingerprint density at radius 3 is 1.38 bits per heavy atom. The van der Waals surface area contributed by atoms with Crippen LogP contribution in [0.3, 0.4) is 0 Å². The molecule has 2 aliphatic rings. The van der Waals surface area contributed by atoms with Gasteiger partial charge in [-0.15, -0.1) is 0 Å². The van der Waals surface area contributed by atoms with Gasteiger partial charge < -0.3 is 0 Å². The van der Waals surface area contributed by atoms with Gasteiger partial charge in [-0.1, -0.05) is 87.4 Å². The van der Waals surface area contributed by atoms with Crippen molar-refractivity contribution < 1.29 is 0 Å². The summed E-state index contributed by atoms with van der Waals surface area (Å²) in [5.74, 6) is 1.32. The van der Waals surface area contributed by atoms with E-state index in [0.29, 0.717) is 22.9 Å². The van der Waals surface area contributed by atoms with Gasteiger partial charge in [0.1, 0.15) is 0 Å². The Hall–Kier alpha value is -0.823. The van der Waals surface area contributed by atoms with E-state index in [1.165, 1.54) is 11.1 Å². The first-order valence-electron chi connectivity index (χ1n) is 8.44. The summed E-state index contributed by atoms with van der Waals surface area (Å²) >= 11 is 0. The summed E-state index contributed by atoms with van der Waals surface area (Å²) in [5, 5.41) is 0. The second-order valence-electron chi connectivity index (χ2n) is 8.20. The van der Waals surface area contributed by atoms with Crippen LogP contribution in [-0.2, 0) is 0 Å². The van der Waals surface area contributed by atoms with E-state index in [1.54, 1.807) is 11.1 Å². The predicted octanol–water partition coefficient (Wildman–Crippen LogP) is 6.52. The van der Waals surface area contributed by atoms with Gasteiger partial charge in [-0.25, -0.2) is 0 Å². The van der Waals surface area contributed by atoms with Gasteiger partial charge in [0.25, 0.3) is 0 Å². The third-order valence-corrected chi connectivity index (χ3v) is 9.51. The predicted molar refractivity (Wildman–Crippen MR) is 98.3 cm³/mol. The summed E-state index contributed by atoms with van der Waals surface area (Å²) in [4.78, 5) is 0. The van der Waals surface area contributed by atoms with Crippen molar-refractivity contribution in [1.29, 1.82) is 0 Å². The molecule has 0 radical (unpaired) electrons. The minimum absolute atomic E-state index is 0.661. The molecule has 116 valence electrons. The zero-order valence-corrected chi connectivity index (χ0v) is 16.1. The molecule has 0 fully saturated rings. The summed E-state index contributed by atoms with van der Waals surface area (Å²) in [7, 11) is -1.46. The van der Waals surface area contributed by atoms with Crippen molar-refractivity contribution in [3.63, 3.8) is 0 Å². The first-order valence-corrected chi connectivity index (χ1v) is 11.6. The quantitative estimate of drug-likeness (QED) is 0.518. The summed E-state index contributed by atoms with van der Waals surface area (Å²) in [5.41, 5.74) is 7.69. The van der Waals surface area contributed by atoms with Crippen LogP contribution in [-0.4, -0.2) is 8.07 Å². The Kier molecular flexibility index (Phi) is 4.54. The van der Waals surface area contributed by atoms with Crippen LogP contribution < -0.4 is 0 Å². The molecule has 2 aliphatic carbocycles. The molecule has 21 heavy (non-hydrogen) atoms. The van der Waals surface area contributed by atoms with E-state index in [-0.39, 0.29) is 0 Å². The Morgan fingerprint density at radius 1 is 0.762 bits per heavy atom. The van der Waals surface area contributed by atoms with Crippen LogP contribution in [0.25, 0.3) is 0 Å². The monoisotopic (exact) mass is 300 g/mol. The minimum Gasteiger partial charge on any atom is -0.0771 e. The lowest BCUT2D eigenvalue weighted by molar-refractivity contribution is 0.725. The maximum absolute atomic E-state index is 2.60. The fourth-order valence-corrected chi connectivity index (χ4v) is 8.38. The highest BCUT2D eigenvalue weighted by Crippen LogP contribution is 2.51. The average Bonchev–Trinajstić information content (AvgIpc) is 2.93. The zero-order chi connectivity index (χ0) is 15.9. The van der Waals surface area contributed by atoms with E-state index >= 15 is 0 Å². The Labute approximate surface area is 132 Å². The molecule has 0 heterocycles. The number of rotatable bonds is 4. The first kappa shape index (κ1) is 16.5. The third-order valence-electron chi connectivity index (χ3n) is 5.30. The molecule has 2 rings (SSSR count). The Morgan fingerprint density at radius 2 is 1.10 bits per heavy atom. The van der Waals surface area contributed by atoms with E-state index in [0.717, 1.165) is 0 Å². The van der Waals surface area contributed by atoms with Gasteiger partial charge in [0.15, 0.2) is 0 Å². The topological polar surface area (TPSA) is 0 Å². The van der Waals surface area contributed by atoms with Crippen molar-refractivity contribution in [2.24, 2.45) is 11.8 Å². The summed E-state index contributed by atoms with van der Waals surface area (Å²) in [6, 6.07) is 0. The summed E-state index contributed by atoms with van der Waals surface area (Å²) < 4.78 is 0. The standard InChI is InChI=1S/C20H32Si/c1-13(2)17-9-15(5)11-19(17)21(7,8)20-12-16(6)10-18(20)14(3)4/h9-14,19-20H,1-8H3. The molecule has 0 aliphatic heterocycles. The molecule has 0 N–H and O–H groups in total. The highest BCUT2D eigenvalue weighted by Gasteiger charge is 2.43. The van der Waals surface area contributed by atoms with Crippen LogP contribution in [0.1, 0.15) is 41.5 Å². The molecule has 0 nitrogen and oxygen atoms in total. The first-order chi connectivity index (χ1) is 9.64. The van der Waals surface area contributed by atoms with E-state index in [9.17, 15) is 0 Å². The molecule has 2 atom stereocenters. The van der Waals surface area contributed by atoms with E-state index in [4.69, 9.17) is 0 Å². The summed E-state index contributed by atoms with van der Waals surface area (Å²) in [6.45, 7) is 19.1.